The lowest BCUT2D eigenvalue weighted by Gasteiger charge is -2.03. The Morgan fingerprint density at radius 1 is 1.40 bits per heavy atom. The van der Waals surface area contributed by atoms with Crippen LogP contribution in [0.3, 0.4) is 0 Å². The second-order valence-electron chi connectivity index (χ2n) is 3.36. The third-order valence-electron chi connectivity index (χ3n) is 1.80. The highest BCUT2D eigenvalue weighted by Crippen LogP contribution is 2.15. The number of ether oxygens (including phenoxy) is 1. The van der Waals surface area contributed by atoms with E-state index in [1.54, 1.807) is 24.3 Å². The molecule has 0 atom stereocenters. The van der Waals surface area contributed by atoms with Crippen molar-refractivity contribution in [1.29, 1.82) is 0 Å². The lowest BCUT2D eigenvalue weighted by Crippen LogP contribution is -2.05. The molecule has 1 aromatic carbocycles. The summed E-state index contributed by atoms with van der Waals surface area (Å²) < 4.78 is 5.02. The molecule has 80 valence electrons. The van der Waals surface area contributed by atoms with Gasteiger partial charge in [0.2, 0.25) is 0 Å². The smallest absolute Gasteiger partial charge is 0.339 e. The van der Waals surface area contributed by atoms with Gasteiger partial charge in [-0.05, 0) is 32.1 Å². The Morgan fingerprint density at radius 2 is 2.07 bits per heavy atom. The second kappa shape index (κ2) is 5.56. The summed E-state index contributed by atoms with van der Waals surface area (Å²) >= 11 is 5.84. The SMILES string of the molecule is CC(C)=CCOC(=O)c1ccccc1Cl. The van der Waals surface area contributed by atoms with Gasteiger partial charge < -0.3 is 4.74 Å². The summed E-state index contributed by atoms with van der Waals surface area (Å²) in [5, 5.41) is 0.416. The van der Waals surface area contributed by atoms with Gasteiger partial charge in [0, 0.05) is 0 Å². The Labute approximate surface area is 94.5 Å². The minimum absolute atomic E-state index is 0.284. The average Bonchev–Trinajstić information content (AvgIpc) is 2.17. The Morgan fingerprint density at radius 3 is 2.67 bits per heavy atom. The van der Waals surface area contributed by atoms with E-state index < -0.39 is 5.97 Å². The fourth-order valence-electron chi connectivity index (χ4n) is 0.989. The van der Waals surface area contributed by atoms with Crippen molar-refractivity contribution in [3.05, 3.63) is 46.5 Å². The van der Waals surface area contributed by atoms with E-state index in [0.717, 1.165) is 5.57 Å². The molecule has 0 bridgehead atoms. The largest absolute Gasteiger partial charge is 0.458 e. The topological polar surface area (TPSA) is 26.3 Å². The average molecular weight is 225 g/mol. The lowest BCUT2D eigenvalue weighted by molar-refractivity contribution is 0.0549. The molecule has 0 saturated carbocycles. The molecule has 0 heterocycles. The van der Waals surface area contributed by atoms with E-state index in [0.29, 0.717) is 10.6 Å². The second-order valence-corrected chi connectivity index (χ2v) is 3.77. The van der Waals surface area contributed by atoms with Crippen molar-refractivity contribution in [2.24, 2.45) is 0 Å². The molecule has 15 heavy (non-hydrogen) atoms. The van der Waals surface area contributed by atoms with E-state index in [4.69, 9.17) is 16.3 Å². The molecule has 0 spiro atoms. The minimum Gasteiger partial charge on any atom is -0.458 e. The fraction of sp³-hybridized carbons (Fsp3) is 0.250. The van der Waals surface area contributed by atoms with Crippen LogP contribution in [0, 0.1) is 0 Å². The summed E-state index contributed by atoms with van der Waals surface area (Å²) in [6.45, 7) is 4.18. The zero-order valence-electron chi connectivity index (χ0n) is 8.79. The Kier molecular flexibility index (Phi) is 4.37. The first-order valence-electron chi connectivity index (χ1n) is 4.66. The number of benzene rings is 1. The molecule has 0 aromatic heterocycles. The summed E-state index contributed by atoms with van der Waals surface area (Å²) in [6, 6.07) is 6.84. The van der Waals surface area contributed by atoms with Crippen molar-refractivity contribution in [1.82, 2.24) is 0 Å². The summed E-state index contributed by atoms with van der Waals surface area (Å²) in [5.41, 5.74) is 1.52. The maximum absolute atomic E-state index is 11.5. The van der Waals surface area contributed by atoms with Crippen LogP contribution >= 0.6 is 11.6 Å². The van der Waals surface area contributed by atoms with Gasteiger partial charge in [-0.2, -0.15) is 0 Å². The van der Waals surface area contributed by atoms with Crippen molar-refractivity contribution in [2.45, 2.75) is 13.8 Å². The molecule has 0 N–H and O–H groups in total. The molecule has 2 nitrogen and oxygen atoms in total. The standard InChI is InChI=1S/C12H13ClO2/c1-9(2)7-8-15-12(14)10-5-3-4-6-11(10)13/h3-7H,8H2,1-2H3. The zero-order chi connectivity index (χ0) is 11.3. The van der Waals surface area contributed by atoms with Gasteiger partial charge >= 0.3 is 5.97 Å². The number of hydrogen-bond acceptors (Lipinski definition) is 2. The molecule has 0 radical (unpaired) electrons. The van der Waals surface area contributed by atoms with Crippen molar-refractivity contribution < 1.29 is 9.53 Å². The molecule has 0 aliphatic carbocycles. The first kappa shape index (κ1) is 11.8. The van der Waals surface area contributed by atoms with Crippen LogP contribution < -0.4 is 0 Å². The molecule has 0 fully saturated rings. The minimum atomic E-state index is -0.391. The van der Waals surface area contributed by atoms with E-state index in [2.05, 4.69) is 0 Å². The number of carbonyl (C=O) groups is 1. The predicted octanol–water partition coefficient (Wildman–Crippen LogP) is 3.46. The highest BCUT2D eigenvalue weighted by molar-refractivity contribution is 6.33. The molecule has 0 saturated heterocycles. The van der Waals surface area contributed by atoms with Crippen LogP contribution in [-0.2, 0) is 4.74 Å². The summed E-state index contributed by atoms with van der Waals surface area (Å²) in [7, 11) is 0. The Balaban J connectivity index is 2.62. The van der Waals surface area contributed by atoms with Crippen molar-refractivity contribution in [3.8, 4) is 0 Å². The molecule has 0 aliphatic heterocycles. The van der Waals surface area contributed by atoms with Crippen molar-refractivity contribution >= 4 is 17.6 Å². The number of carbonyl (C=O) groups excluding carboxylic acids is 1. The van der Waals surface area contributed by atoms with Gasteiger partial charge in [0.15, 0.2) is 0 Å². The molecule has 0 unspecified atom stereocenters. The first-order valence-corrected chi connectivity index (χ1v) is 5.04. The molecular weight excluding hydrogens is 212 g/mol. The molecule has 1 aromatic rings. The maximum Gasteiger partial charge on any atom is 0.339 e. The number of esters is 1. The van der Waals surface area contributed by atoms with Gasteiger partial charge in [-0.1, -0.05) is 29.3 Å². The van der Waals surface area contributed by atoms with Gasteiger partial charge in [0.05, 0.1) is 10.6 Å². The maximum atomic E-state index is 11.5. The molecule has 1 rings (SSSR count). The Bertz CT molecular complexity index is 379. The van der Waals surface area contributed by atoms with E-state index in [9.17, 15) is 4.79 Å². The summed E-state index contributed by atoms with van der Waals surface area (Å²) in [4.78, 5) is 11.5. The van der Waals surface area contributed by atoms with Crippen LogP contribution in [0.4, 0.5) is 0 Å². The molecule has 0 amide bonds. The summed E-state index contributed by atoms with van der Waals surface area (Å²) in [6.07, 6.45) is 1.84. The predicted molar refractivity (Wildman–Crippen MR) is 61.2 cm³/mol. The van der Waals surface area contributed by atoms with Crippen LogP contribution in [0.2, 0.25) is 5.02 Å². The highest BCUT2D eigenvalue weighted by Gasteiger charge is 2.09. The summed E-state index contributed by atoms with van der Waals surface area (Å²) in [5.74, 6) is -0.391. The number of halogens is 1. The highest BCUT2D eigenvalue weighted by atomic mass is 35.5. The van der Waals surface area contributed by atoms with Crippen LogP contribution in [0.25, 0.3) is 0 Å². The van der Waals surface area contributed by atoms with Crippen molar-refractivity contribution in [3.63, 3.8) is 0 Å². The van der Waals surface area contributed by atoms with Gasteiger partial charge in [0.25, 0.3) is 0 Å². The van der Waals surface area contributed by atoms with Gasteiger partial charge in [-0.25, -0.2) is 4.79 Å². The fourth-order valence-corrected chi connectivity index (χ4v) is 1.20. The Hall–Kier alpha value is -1.28. The van der Waals surface area contributed by atoms with Gasteiger partial charge in [-0.3, -0.25) is 0 Å². The van der Waals surface area contributed by atoms with Crippen LogP contribution in [0.1, 0.15) is 24.2 Å². The third kappa shape index (κ3) is 3.76. The van der Waals surface area contributed by atoms with Crippen LogP contribution in [-0.4, -0.2) is 12.6 Å². The number of allylic oxidation sites excluding steroid dienone is 1. The van der Waals surface area contributed by atoms with Crippen LogP contribution in [0.5, 0.6) is 0 Å². The van der Waals surface area contributed by atoms with E-state index >= 15 is 0 Å². The van der Waals surface area contributed by atoms with E-state index in [-0.39, 0.29) is 6.61 Å². The molecule has 3 heteroatoms. The number of rotatable bonds is 3. The molecule has 0 aliphatic rings. The lowest BCUT2D eigenvalue weighted by atomic mass is 10.2. The third-order valence-corrected chi connectivity index (χ3v) is 2.13. The monoisotopic (exact) mass is 224 g/mol. The first-order chi connectivity index (χ1) is 7.11. The zero-order valence-corrected chi connectivity index (χ0v) is 9.54. The van der Waals surface area contributed by atoms with Crippen molar-refractivity contribution in [2.75, 3.05) is 6.61 Å². The van der Waals surface area contributed by atoms with E-state index in [1.165, 1.54) is 0 Å². The van der Waals surface area contributed by atoms with Crippen LogP contribution in [0.15, 0.2) is 35.9 Å². The van der Waals surface area contributed by atoms with Gasteiger partial charge in [-0.15, -0.1) is 0 Å². The number of hydrogen-bond donors (Lipinski definition) is 0. The van der Waals surface area contributed by atoms with Gasteiger partial charge in [0.1, 0.15) is 6.61 Å². The molecular formula is C12H13ClO2. The quantitative estimate of drug-likeness (QED) is 0.581. The van der Waals surface area contributed by atoms with E-state index in [1.807, 2.05) is 19.9 Å². The normalized spacial score (nSPS) is 9.53.